The van der Waals surface area contributed by atoms with Crippen LogP contribution in [-0.4, -0.2) is 77.4 Å². The number of anilines is 3. The second-order valence-electron chi connectivity index (χ2n) is 16.9. The standard InChI is InChI=1S/C42H39F7N8O3S/c43-25-5-4-23(27-24(16-50)36(52)61-34(25)27)28-30(42(47,48)49)33-29-32(31(28)44)54-38(60-20-40-8-2-10-56(40)19-39(17-40)18-41(39,45)46)55-37(29)57(11-14-59-33)26(15-21-6-12-58-13-7-21)22-3-1-9-53-35(22)51/h1,3-5,9,21,26H,2,6-8,10-15,17-20,52H2,(H2,51,53)/t26-,39+,40+/m1/s1. The largest absolute Gasteiger partial charge is 0.490 e. The molecule has 3 saturated heterocycles. The Morgan fingerprint density at radius 2 is 1.84 bits per heavy atom. The monoisotopic (exact) mass is 868 g/mol. The molecule has 5 aromatic rings. The summed E-state index contributed by atoms with van der Waals surface area (Å²) in [5.41, 5.74) is 7.29. The van der Waals surface area contributed by atoms with Crippen molar-refractivity contribution in [1.82, 2.24) is 19.9 Å². The molecule has 0 amide bonds. The summed E-state index contributed by atoms with van der Waals surface area (Å²) in [6.07, 6.45) is -0.670. The molecule has 1 saturated carbocycles. The maximum Gasteiger partial charge on any atom is 0.420 e. The van der Waals surface area contributed by atoms with E-state index in [1.54, 1.807) is 17.0 Å². The van der Waals surface area contributed by atoms with Gasteiger partial charge >= 0.3 is 12.2 Å². The molecule has 3 atom stereocenters. The van der Waals surface area contributed by atoms with Gasteiger partial charge in [0.05, 0.1) is 39.2 Å². The molecule has 61 heavy (non-hydrogen) atoms. The van der Waals surface area contributed by atoms with Gasteiger partial charge in [-0.05, 0) is 68.7 Å². The van der Waals surface area contributed by atoms with E-state index in [1.165, 1.54) is 6.20 Å². The average Bonchev–Trinajstić information content (AvgIpc) is 3.47. The zero-order chi connectivity index (χ0) is 42.6. The topological polar surface area (TPSA) is 149 Å². The first-order valence-electron chi connectivity index (χ1n) is 20.1. The summed E-state index contributed by atoms with van der Waals surface area (Å²) in [6.45, 7) is 1.29. The Bertz CT molecular complexity index is 2650. The number of halogens is 7. The molecule has 320 valence electrons. The van der Waals surface area contributed by atoms with Crippen molar-refractivity contribution in [2.45, 2.75) is 68.6 Å². The van der Waals surface area contributed by atoms with Gasteiger partial charge < -0.3 is 30.6 Å². The smallest absolute Gasteiger partial charge is 0.420 e. The lowest BCUT2D eigenvalue weighted by molar-refractivity contribution is -0.138. The minimum absolute atomic E-state index is 0.0491. The van der Waals surface area contributed by atoms with Crippen molar-refractivity contribution in [2.75, 3.05) is 62.4 Å². The Kier molecular flexibility index (Phi) is 9.28. The van der Waals surface area contributed by atoms with Gasteiger partial charge in [0.2, 0.25) is 0 Å². The average molecular weight is 869 g/mol. The summed E-state index contributed by atoms with van der Waals surface area (Å²) in [7, 11) is 0. The first-order valence-corrected chi connectivity index (χ1v) is 21.0. The van der Waals surface area contributed by atoms with Crippen LogP contribution in [0.25, 0.3) is 32.1 Å². The Labute approximate surface area is 348 Å². The minimum atomic E-state index is -5.28. The molecule has 0 radical (unpaired) electrons. The van der Waals surface area contributed by atoms with Crippen molar-refractivity contribution < 1.29 is 44.9 Å². The number of rotatable bonds is 8. The zero-order valence-electron chi connectivity index (χ0n) is 32.6. The number of nitriles is 1. The molecule has 4 N–H and O–H groups in total. The van der Waals surface area contributed by atoms with Gasteiger partial charge in [-0.15, -0.1) is 11.3 Å². The Morgan fingerprint density at radius 3 is 2.56 bits per heavy atom. The van der Waals surface area contributed by atoms with Crippen LogP contribution in [0.1, 0.15) is 67.7 Å². The molecular formula is C42H39F7N8O3S. The number of hydrogen-bond donors (Lipinski definition) is 2. The molecule has 0 unspecified atom stereocenters. The number of pyridine rings is 1. The number of nitrogens with two attached hydrogens (primary N) is 2. The van der Waals surface area contributed by atoms with Gasteiger partial charge in [-0.2, -0.15) is 28.4 Å². The molecule has 5 aliphatic rings. The van der Waals surface area contributed by atoms with E-state index < -0.39 is 68.7 Å². The van der Waals surface area contributed by atoms with E-state index in [0.29, 0.717) is 62.3 Å². The lowest BCUT2D eigenvalue weighted by Crippen LogP contribution is -2.43. The molecule has 3 aromatic heterocycles. The number of hydrogen-bond acceptors (Lipinski definition) is 12. The van der Waals surface area contributed by atoms with Crippen LogP contribution in [0.5, 0.6) is 11.8 Å². The third kappa shape index (κ3) is 6.30. The Hall–Kier alpha value is -5.19. The molecule has 1 spiro atoms. The first kappa shape index (κ1) is 39.9. The quantitative estimate of drug-likeness (QED) is 0.144. The van der Waals surface area contributed by atoms with Gasteiger partial charge in [0.15, 0.2) is 5.82 Å². The van der Waals surface area contributed by atoms with E-state index >= 15 is 22.0 Å². The fraction of sp³-hybridized carbons (Fsp3) is 0.476. The number of ether oxygens (including phenoxy) is 3. The lowest BCUT2D eigenvalue weighted by atomic mass is 9.88. The van der Waals surface area contributed by atoms with Crippen molar-refractivity contribution in [3.05, 3.63) is 58.8 Å². The zero-order valence-corrected chi connectivity index (χ0v) is 33.4. The van der Waals surface area contributed by atoms with Crippen LogP contribution in [0.2, 0.25) is 0 Å². The van der Waals surface area contributed by atoms with Crippen LogP contribution in [-0.2, 0) is 10.9 Å². The number of nitrogens with zero attached hydrogens (tertiary/aromatic N) is 6. The highest BCUT2D eigenvalue weighted by Crippen LogP contribution is 2.69. The van der Waals surface area contributed by atoms with E-state index in [4.69, 9.17) is 30.7 Å². The van der Waals surface area contributed by atoms with Crippen molar-refractivity contribution in [2.24, 2.45) is 11.3 Å². The Morgan fingerprint density at radius 1 is 1.05 bits per heavy atom. The van der Waals surface area contributed by atoms with E-state index in [2.05, 4.69) is 9.97 Å². The number of nitrogen functional groups attached to an aromatic ring is 2. The molecule has 0 bridgehead atoms. The molecule has 1 aliphatic carbocycles. The maximum absolute atomic E-state index is 17.8. The van der Waals surface area contributed by atoms with E-state index in [1.807, 2.05) is 11.0 Å². The van der Waals surface area contributed by atoms with Crippen LogP contribution in [0.15, 0.2) is 30.5 Å². The summed E-state index contributed by atoms with van der Waals surface area (Å²) >= 11 is 0.656. The summed E-state index contributed by atoms with van der Waals surface area (Å²) in [4.78, 5) is 17.3. The van der Waals surface area contributed by atoms with Crippen molar-refractivity contribution in [3.8, 4) is 29.0 Å². The second kappa shape index (κ2) is 14.2. The van der Waals surface area contributed by atoms with Gasteiger partial charge in [-0.25, -0.2) is 22.5 Å². The van der Waals surface area contributed by atoms with Crippen LogP contribution in [0, 0.1) is 34.3 Å². The van der Waals surface area contributed by atoms with Crippen LogP contribution in [0.4, 0.5) is 47.4 Å². The molecule has 19 heteroatoms. The number of benzene rings is 2. The van der Waals surface area contributed by atoms with Crippen molar-refractivity contribution >= 4 is 49.0 Å². The molecule has 4 fully saturated rings. The third-order valence-electron chi connectivity index (χ3n) is 13.4. The van der Waals surface area contributed by atoms with Crippen LogP contribution < -0.4 is 25.8 Å². The van der Waals surface area contributed by atoms with Crippen LogP contribution in [0.3, 0.4) is 0 Å². The molecule has 7 heterocycles. The molecule has 10 rings (SSSR count). The summed E-state index contributed by atoms with van der Waals surface area (Å²) in [5.74, 6) is -5.73. The highest BCUT2D eigenvalue weighted by Gasteiger charge is 2.77. The Balaban J connectivity index is 1.21. The molecule has 11 nitrogen and oxygen atoms in total. The minimum Gasteiger partial charge on any atom is -0.490 e. The number of fused-ring (bicyclic) bond motifs is 2. The predicted molar refractivity (Wildman–Crippen MR) is 212 cm³/mol. The maximum atomic E-state index is 17.8. The van der Waals surface area contributed by atoms with Gasteiger partial charge in [0.1, 0.15) is 58.6 Å². The lowest BCUT2D eigenvalue weighted by Gasteiger charge is -2.36. The van der Waals surface area contributed by atoms with E-state index in [-0.39, 0.29) is 88.7 Å². The molecular weight excluding hydrogens is 830 g/mol. The first-order chi connectivity index (χ1) is 29.2. The molecule has 2 aromatic carbocycles. The molecule has 4 aliphatic heterocycles. The van der Waals surface area contributed by atoms with Crippen LogP contribution >= 0.6 is 11.3 Å². The second-order valence-corrected chi connectivity index (χ2v) is 18.0. The summed E-state index contributed by atoms with van der Waals surface area (Å²) < 4.78 is 128. The number of thiophene rings is 1. The van der Waals surface area contributed by atoms with Crippen molar-refractivity contribution in [3.63, 3.8) is 0 Å². The van der Waals surface area contributed by atoms with Crippen molar-refractivity contribution in [1.29, 1.82) is 5.26 Å². The van der Waals surface area contributed by atoms with Gasteiger partial charge in [0.25, 0.3) is 5.92 Å². The van der Waals surface area contributed by atoms with E-state index in [9.17, 15) is 14.0 Å². The predicted octanol–water partition coefficient (Wildman–Crippen LogP) is 8.64. The van der Waals surface area contributed by atoms with E-state index in [0.717, 1.165) is 18.6 Å². The fourth-order valence-corrected chi connectivity index (χ4v) is 11.4. The van der Waals surface area contributed by atoms with Gasteiger partial charge in [-0.1, -0.05) is 12.1 Å². The third-order valence-corrected chi connectivity index (χ3v) is 14.4. The fourth-order valence-electron chi connectivity index (χ4n) is 10.4. The van der Waals surface area contributed by atoms with Gasteiger partial charge in [-0.3, -0.25) is 4.90 Å². The van der Waals surface area contributed by atoms with Gasteiger partial charge in [0, 0.05) is 48.9 Å². The number of alkyl halides is 5. The normalized spacial score (nSPS) is 24.2. The highest BCUT2D eigenvalue weighted by molar-refractivity contribution is 7.23. The number of aromatic nitrogens is 3. The summed E-state index contributed by atoms with van der Waals surface area (Å²) in [5, 5.41) is 9.21. The SMILES string of the molecule is N#Cc1c(N)sc2c(F)ccc(-c3c(C(F)(F)F)c4c5c(nc(OC[C@@]67CCCN6C[C@@]6(CC6(F)F)C7)nc5c3F)N([C@H](CC3CCOCC3)c3cccnc3N)CCO4)c12. The summed E-state index contributed by atoms with van der Waals surface area (Å²) in [6, 6.07) is 6.14. The highest BCUT2D eigenvalue weighted by atomic mass is 32.1.